The van der Waals surface area contributed by atoms with Gasteiger partial charge in [0.25, 0.3) is 0 Å². The summed E-state index contributed by atoms with van der Waals surface area (Å²) >= 11 is 5.02. The van der Waals surface area contributed by atoms with E-state index < -0.39 is 0 Å². The number of hydrogen-bond acceptors (Lipinski definition) is 3. The van der Waals surface area contributed by atoms with E-state index in [1.807, 2.05) is 25.2 Å². The lowest BCUT2D eigenvalue weighted by atomic mass is 10.3. The van der Waals surface area contributed by atoms with Crippen LogP contribution in [0.3, 0.4) is 0 Å². The second kappa shape index (κ2) is 4.05. The average Bonchev–Trinajstić information content (AvgIpc) is 2.51. The van der Waals surface area contributed by atoms with Gasteiger partial charge in [0, 0.05) is 25.6 Å². The first-order valence-electron chi connectivity index (χ1n) is 3.52. The number of rotatable bonds is 3. The van der Waals surface area contributed by atoms with Crippen LogP contribution in [-0.2, 0) is 0 Å². The van der Waals surface area contributed by atoms with Gasteiger partial charge in [-0.1, -0.05) is 33.8 Å². The van der Waals surface area contributed by atoms with Crippen LogP contribution in [0, 0.1) is 0 Å². The molecule has 0 unspecified atom stereocenters. The highest BCUT2D eigenvalue weighted by atomic mass is 79.9. The van der Waals surface area contributed by atoms with Crippen LogP contribution < -0.4 is 4.90 Å². The lowest BCUT2D eigenvalue weighted by Gasteiger charge is -2.05. The van der Waals surface area contributed by atoms with E-state index in [1.165, 1.54) is 0 Å². The SMILES string of the molecule is C=C(CBr)c1cnc(N(C)C)s1. The molecule has 12 heavy (non-hydrogen) atoms. The molecule has 0 fully saturated rings. The maximum absolute atomic E-state index is 4.25. The molecule has 1 rings (SSSR count). The molecule has 0 aliphatic rings. The van der Waals surface area contributed by atoms with E-state index in [9.17, 15) is 0 Å². The minimum absolute atomic E-state index is 0.808. The molecule has 1 aromatic heterocycles. The molecule has 0 aliphatic heterocycles. The highest BCUT2D eigenvalue weighted by molar-refractivity contribution is 9.09. The fourth-order valence-electron chi connectivity index (χ4n) is 0.701. The van der Waals surface area contributed by atoms with Crippen LogP contribution in [-0.4, -0.2) is 24.4 Å². The van der Waals surface area contributed by atoms with Gasteiger partial charge in [0.15, 0.2) is 5.13 Å². The van der Waals surface area contributed by atoms with Crippen molar-refractivity contribution in [1.29, 1.82) is 0 Å². The van der Waals surface area contributed by atoms with E-state index in [2.05, 4.69) is 27.5 Å². The van der Waals surface area contributed by atoms with Crippen LogP contribution in [0.2, 0.25) is 0 Å². The Hall–Kier alpha value is -0.350. The van der Waals surface area contributed by atoms with Crippen molar-refractivity contribution in [2.45, 2.75) is 0 Å². The normalized spacial score (nSPS) is 9.92. The zero-order valence-corrected chi connectivity index (χ0v) is 9.57. The molecule has 0 bridgehead atoms. The highest BCUT2D eigenvalue weighted by Crippen LogP contribution is 2.26. The number of thiazole rings is 1. The monoisotopic (exact) mass is 246 g/mol. The molecular weight excluding hydrogens is 236 g/mol. The van der Waals surface area contributed by atoms with Gasteiger partial charge in [-0.15, -0.1) is 0 Å². The molecule has 1 heterocycles. The first-order valence-corrected chi connectivity index (χ1v) is 5.46. The van der Waals surface area contributed by atoms with E-state index >= 15 is 0 Å². The van der Waals surface area contributed by atoms with E-state index in [0.717, 1.165) is 20.9 Å². The zero-order valence-electron chi connectivity index (χ0n) is 7.17. The van der Waals surface area contributed by atoms with Crippen molar-refractivity contribution < 1.29 is 0 Å². The number of aromatic nitrogens is 1. The summed E-state index contributed by atoms with van der Waals surface area (Å²) in [6.45, 7) is 3.92. The largest absolute Gasteiger partial charge is 0.354 e. The summed E-state index contributed by atoms with van der Waals surface area (Å²) in [4.78, 5) is 7.39. The molecule has 0 saturated carbocycles. The van der Waals surface area contributed by atoms with E-state index in [1.54, 1.807) is 11.3 Å². The van der Waals surface area contributed by atoms with E-state index in [4.69, 9.17) is 0 Å². The second-order valence-electron chi connectivity index (χ2n) is 2.64. The molecule has 0 amide bonds. The third kappa shape index (κ3) is 2.08. The van der Waals surface area contributed by atoms with Crippen LogP contribution in [0.15, 0.2) is 12.8 Å². The lowest BCUT2D eigenvalue weighted by molar-refractivity contribution is 1.10. The molecule has 0 aromatic carbocycles. The topological polar surface area (TPSA) is 16.1 Å². The fourth-order valence-corrected chi connectivity index (χ4v) is 2.00. The van der Waals surface area contributed by atoms with E-state index in [0.29, 0.717) is 0 Å². The first-order chi connectivity index (χ1) is 5.65. The molecule has 0 atom stereocenters. The van der Waals surface area contributed by atoms with Gasteiger partial charge in [0.05, 0.1) is 4.88 Å². The van der Waals surface area contributed by atoms with Crippen molar-refractivity contribution in [3.8, 4) is 0 Å². The van der Waals surface area contributed by atoms with Crippen LogP contribution >= 0.6 is 27.3 Å². The summed E-state index contributed by atoms with van der Waals surface area (Å²) in [6, 6.07) is 0. The fraction of sp³-hybridized carbons (Fsp3) is 0.375. The van der Waals surface area contributed by atoms with Crippen molar-refractivity contribution in [3.05, 3.63) is 17.7 Å². The molecule has 0 aliphatic carbocycles. The zero-order chi connectivity index (χ0) is 9.14. The van der Waals surface area contributed by atoms with Crippen LogP contribution in [0.5, 0.6) is 0 Å². The second-order valence-corrected chi connectivity index (χ2v) is 4.21. The van der Waals surface area contributed by atoms with Gasteiger partial charge in [-0.2, -0.15) is 0 Å². The highest BCUT2D eigenvalue weighted by Gasteiger charge is 2.04. The van der Waals surface area contributed by atoms with Crippen molar-refractivity contribution in [2.75, 3.05) is 24.3 Å². The Morgan fingerprint density at radius 2 is 2.42 bits per heavy atom. The number of alkyl halides is 1. The van der Waals surface area contributed by atoms with Gasteiger partial charge >= 0.3 is 0 Å². The number of anilines is 1. The number of hydrogen-bond donors (Lipinski definition) is 0. The Morgan fingerprint density at radius 1 is 1.75 bits per heavy atom. The molecule has 0 N–H and O–H groups in total. The Kier molecular flexibility index (Phi) is 3.29. The summed E-state index contributed by atoms with van der Waals surface area (Å²) in [5.41, 5.74) is 1.08. The third-order valence-electron chi connectivity index (χ3n) is 1.39. The average molecular weight is 247 g/mol. The molecule has 2 nitrogen and oxygen atoms in total. The summed E-state index contributed by atoms with van der Waals surface area (Å²) in [5.74, 6) is 0. The Balaban J connectivity index is 2.84. The van der Waals surface area contributed by atoms with Gasteiger partial charge in [0.2, 0.25) is 0 Å². The molecular formula is C8H11BrN2S. The third-order valence-corrected chi connectivity index (χ3v) is 3.33. The maximum atomic E-state index is 4.25. The van der Waals surface area contributed by atoms with Crippen molar-refractivity contribution >= 4 is 38.0 Å². The summed E-state index contributed by atoms with van der Waals surface area (Å²) in [7, 11) is 3.97. The Labute approximate surface area is 85.1 Å². The first kappa shape index (κ1) is 9.74. The lowest BCUT2D eigenvalue weighted by Crippen LogP contribution is -2.07. The van der Waals surface area contributed by atoms with Crippen molar-refractivity contribution in [3.63, 3.8) is 0 Å². The number of nitrogens with zero attached hydrogens (tertiary/aromatic N) is 2. The molecule has 0 spiro atoms. The predicted molar refractivity (Wildman–Crippen MR) is 59.3 cm³/mol. The molecule has 0 radical (unpaired) electrons. The van der Waals surface area contributed by atoms with Gasteiger partial charge in [0.1, 0.15) is 0 Å². The Bertz CT molecular complexity index is 280. The summed E-state index contributed by atoms with van der Waals surface area (Å²) in [5, 5.41) is 1.83. The van der Waals surface area contributed by atoms with Crippen LogP contribution in [0.25, 0.3) is 5.57 Å². The van der Waals surface area contributed by atoms with E-state index in [-0.39, 0.29) is 0 Å². The number of allylic oxidation sites excluding steroid dienone is 1. The minimum Gasteiger partial charge on any atom is -0.354 e. The molecule has 1 aromatic rings. The van der Waals surface area contributed by atoms with Gasteiger partial charge in [-0.3, -0.25) is 0 Å². The minimum atomic E-state index is 0.808. The standard InChI is InChI=1S/C8H11BrN2S/c1-6(4-9)7-5-10-8(12-7)11(2)3/h5H,1,4H2,2-3H3. The van der Waals surface area contributed by atoms with Crippen molar-refractivity contribution in [1.82, 2.24) is 4.98 Å². The summed E-state index contributed by atoms with van der Waals surface area (Å²) in [6.07, 6.45) is 1.86. The van der Waals surface area contributed by atoms with Crippen molar-refractivity contribution in [2.24, 2.45) is 0 Å². The predicted octanol–water partition coefficient (Wildman–Crippen LogP) is 2.62. The number of halogens is 1. The smallest absolute Gasteiger partial charge is 0.185 e. The Morgan fingerprint density at radius 3 is 2.83 bits per heavy atom. The maximum Gasteiger partial charge on any atom is 0.185 e. The van der Waals surface area contributed by atoms with Gasteiger partial charge < -0.3 is 4.90 Å². The van der Waals surface area contributed by atoms with Crippen LogP contribution in [0.4, 0.5) is 5.13 Å². The summed E-state index contributed by atoms with van der Waals surface area (Å²) < 4.78 is 0. The molecule has 66 valence electrons. The molecule has 4 heteroatoms. The molecule has 0 saturated heterocycles. The van der Waals surface area contributed by atoms with Crippen LogP contribution in [0.1, 0.15) is 4.88 Å². The van der Waals surface area contributed by atoms with Gasteiger partial charge in [-0.05, 0) is 5.57 Å². The quantitative estimate of drug-likeness (QED) is 0.763. The van der Waals surface area contributed by atoms with Gasteiger partial charge in [-0.25, -0.2) is 4.98 Å².